The van der Waals surface area contributed by atoms with Crippen LogP contribution in [0.3, 0.4) is 0 Å². The van der Waals surface area contributed by atoms with E-state index < -0.39 is 11.6 Å². The largest absolute Gasteiger partial charge is 0.494 e. The Morgan fingerprint density at radius 1 is 1.00 bits per heavy atom. The van der Waals surface area contributed by atoms with Crippen LogP contribution in [0.2, 0.25) is 0 Å². The van der Waals surface area contributed by atoms with Crippen molar-refractivity contribution in [2.24, 2.45) is 0 Å². The Labute approximate surface area is 123 Å². The first-order valence-corrected chi connectivity index (χ1v) is 7.03. The summed E-state index contributed by atoms with van der Waals surface area (Å²) >= 11 is 0. The van der Waals surface area contributed by atoms with Gasteiger partial charge in [0.05, 0.1) is 6.61 Å². The van der Waals surface area contributed by atoms with E-state index in [1.165, 1.54) is 17.7 Å². The molecule has 2 aromatic carbocycles. The molecule has 4 heteroatoms. The van der Waals surface area contributed by atoms with E-state index in [0.29, 0.717) is 18.8 Å². The van der Waals surface area contributed by atoms with Gasteiger partial charge in [-0.25, -0.2) is 8.78 Å². The molecule has 2 nitrogen and oxygen atoms in total. The fraction of sp³-hybridized carbons (Fsp3) is 0.294. The maximum Gasteiger partial charge on any atom is 0.160 e. The predicted octanol–water partition coefficient (Wildman–Crippen LogP) is 4.54. The van der Waals surface area contributed by atoms with Gasteiger partial charge in [-0.2, -0.15) is 0 Å². The molecule has 0 aliphatic rings. The van der Waals surface area contributed by atoms with Crippen LogP contribution in [-0.4, -0.2) is 13.2 Å². The number of aryl methyl sites for hydroxylation is 1. The second-order valence-corrected chi connectivity index (χ2v) is 4.93. The lowest BCUT2D eigenvalue weighted by Crippen LogP contribution is -2.05. The minimum absolute atomic E-state index is 0.591. The van der Waals surface area contributed by atoms with Gasteiger partial charge in [-0.05, 0) is 55.7 Å². The summed E-state index contributed by atoms with van der Waals surface area (Å²) < 4.78 is 31.4. The number of unbranched alkanes of at least 4 members (excludes halogenated alkanes) is 1. The van der Waals surface area contributed by atoms with E-state index in [0.717, 1.165) is 24.7 Å². The molecule has 2 rings (SSSR count). The summed E-state index contributed by atoms with van der Waals surface area (Å²) in [6.07, 6.45) is 1.79. The first-order valence-electron chi connectivity index (χ1n) is 7.03. The molecule has 0 fully saturated rings. The van der Waals surface area contributed by atoms with Gasteiger partial charge in [0, 0.05) is 12.2 Å². The molecule has 0 atom stereocenters. The first kappa shape index (κ1) is 15.3. The molecule has 0 bridgehead atoms. The lowest BCUT2D eigenvalue weighted by atomic mass is 10.2. The molecule has 0 aliphatic heterocycles. The van der Waals surface area contributed by atoms with Crippen molar-refractivity contribution in [1.82, 2.24) is 0 Å². The van der Waals surface area contributed by atoms with Gasteiger partial charge in [-0.1, -0.05) is 12.1 Å². The lowest BCUT2D eigenvalue weighted by Gasteiger charge is -2.08. The van der Waals surface area contributed by atoms with Crippen molar-refractivity contribution in [3.63, 3.8) is 0 Å². The van der Waals surface area contributed by atoms with E-state index in [4.69, 9.17) is 4.74 Å². The fourth-order valence-electron chi connectivity index (χ4n) is 1.96. The first-order chi connectivity index (χ1) is 10.1. The Kier molecular flexibility index (Phi) is 5.55. The van der Waals surface area contributed by atoms with Gasteiger partial charge in [-0.3, -0.25) is 0 Å². The second kappa shape index (κ2) is 7.62. The number of halogens is 2. The number of nitrogens with one attached hydrogen (secondary N) is 1. The Balaban J connectivity index is 1.63. The van der Waals surface area contributed by atoms with Crippen LogP contribution < -0.4 is 10.1 Å². The van der Waals surface area contributed by atoms with Gasteiger partial charge < -0.3 is 10.1 Å². The van der Waals surface area contributed by atoms with Crippen LogP contribution in [0.5, 0.6) is 5.75 Å². The van der Waals surface area contributed by atoms with Crippen LogP contribution >= 0.6 is 0 Å². The zero-order valence-electron chi connectivity index (χ0n) is 12.0. The number of anilines is 1. The zero-order valence-corrected chi connectivity index (χ0v) is 12.0. The molecule has 0 aliphatic carbocycles. The van der Waals surface area contributed by atoms with Crippen molar-refractivity contribution in [3.8, 4) is 5.75 Å². The topological polar surface area (TPSA) is 21.3 Å². The molecule has 0 spiro atoms. The molecular formula is C17H19F2NO. The Morgan fingerprint density at radius 2 is 1.86 bits per heavy atom. The van der Waals surface area contributed by atoms with Crippen LogP contribution in [0.1, 0.15) is 18.4 Å². The van der Waals surface area contributed by atoms with Crippen molar-refractivity contribution in [2.45, 2.75) is 19.8 Å². The number of rotatable bonds is 7. The monoisotopic (exact) mass is 291 g/mol. The van der Waals surface area contributed by atoms with E-state index in [-0.39, 0.29) is 0 Å². The molecule has 0 amide bonds. The van der Waals surface area contributed by atoms with Gasteiger partial charge in [0.25, 0.3) is 0 Å². The van der Waals surface area contributed by atoms with E-state index >= 15 is 0 Å². The number of hydrogen-bond donors (Lipinski definition) is 1. The Hall–Kier alpha value is -2.10. The highest BCUT2D eigenvalue weighted by atomic mass is 19.2. The van der Waals surface area contributed by atoms with Crippen LogP contribution in [0.4, 0.5) is 14.5 Å². The Morgan fingerprint density at radius 3 is 2.62 bits per heavy atom. The average molecular weight is 291 g/mol. The number of benzene rings is 2. The van der Waals surface area contributed by atoms with Gasteiger partial charge in [0.1, 0.15) is 5.75 Å². The van der Waals surface area contributed by atoms with E-state index in [9.17, 15) is 8.78 Å². The minimum atomic E-state index is -0.831. The zero-order chi connectivity index (χ0) is 15.1. The van der Waals surface area contributed by atoms with Crippen LogP contribution in [-0.2, 0) is 0 Å². The van der Waals surface area contributed by atoms with E-state index in [1.54, 1.807) is 0 Å². The summed E-state index contributed by atoms with van der Waals surface area (Å²) in [5.41, 5.74) is 1.76. The quantitative estimate of drug-likeness (QED) is 0.756. The van der Waals surface area contributed by atoms with Gasteiger partial charge in [-0.15, -0.1) is 0 Å². The molecule has 0 unspecified atom stereocenters. The number of ether oxygens (including phenoxy) is 1. The molecule has 0 radical (unpaired) electrons. The summed E-state index contributed by atoms with van der Waals surface area (Å²) in [6, 6.07) is 11.7. The van der Waals surface area contributed by atoms with Crippen molar-refractivity contribution in [2.75, 3.05) is 18.5 Å². The predicted molar refractivity (Wildman–Crippen MR) is 80.8 cm³/mol. The number of hydrogen-bond acceptors (Lipinski definition) is 2. The maximum atomic E-state index is 13.0. The molecule has 0 aromatic heterocycles. The summed E-state index contributed by atoms with van der Waals surface area (Å²) in [7, 11) is 0. The van der Waals surface area contributed by atoms with Crippen LogP contribution in [0.25, 0.3) is 0 Å². The highest BCUT2D eigenvalue weighted by Crippen LogP contribution is 2.14. The van der Waals surface area contributed by atoms with Crippen LogP contribution in [0, 0.1) is 18.6 Å². The third kappa shape index (κ3) is 5.06. The maximum absolute atomic E-state index is 13.0. The van der Waals surface area contributed by atoms with E-state index in [2.05, 4.69) is 5.32 Å². The van der Waals surface area contributed by atoms with Crippen molar-refractivity contribution in [1.29, 1.82) is 0 Å². The van der Waals surface area contributed by atoms with Gasteiger partial charge in [0.2, 0.25) is 0 Å². The normalized spacial score (nSPS) is 10.4. The molecule has 1 N–H and O–H groups in total. The standard InChI is InChI=1S/C17H19F2NO/c1-13-5-4-6-15(11-13)21-10-3-2-9-20-14-7-8-16(18)17(19)12-14/h4-8,11-12,20H,2-3,9-10H2,1H3. The van der Waals surface area contributed by atoms with Gasteiger partial charge in [0.15, 0.2) is 11.6 Å². The second-order valence-electron chi connectivity index (χ2n) is 4.93. The minimum Gasteiger partial charge on any atom is -0.494 e. The molecule has 0 saturated heterocycles. The average Bonchev–Trinajstić information content (AvgIpc) is 2.46. The highest BCUT2D eigenvalue weighted by Gasteiger charge is 2.01. The molecule has 0 heterocycles. The van der Waals surface area contributed by atoms with Crippen LogP contribution in [0.15, 0.2) is 42.5 Å². The molecule has 2 aromatic rings. The highest BCUT2D eigenvalue weighted by molar-refractivity contribution is 5.43. The summed E-state index contributed by atoms with van der Waals surface area (Å²) in [4.78, 5) is 0. The van der Waals surface area contributed by atoms with E-state index in [1.807, 2.05) is 31.2 Å². The van der Waals surface area contributed by atoms with Crippen molar-refractivity contribution < 1.29 is 13.5 Å². The summed E-state index contributed by atoms with van der Waals surface area (Å²) in [5, 5.41) is 3.06. The van der Waals surface area contributed by atoms with Crippen molar-refractivity contribution in [3.05, 3.63) is 59.7 Å². The smallest absolute Gasteiger partial charge is 0.160 e. The van der Waals surface area contributed by atoms with Gasteiger partial charge >= 0.3 is 0 Å². The molecule has 21 heavy (non-hydrogen) atoms. The molecule has 0 saturated carbocycles. The van der Waals surface area contributed by atoms with Crippen molar-refractivity contribution >= 4 is 5.69 Å². The SMILES string of the molecule is Cc1cccc(OCCCCNc2ccc(F)c(F)c2)c1. The third-order valence-electron chi connectivity index (χ3n) is 3.08. The summed E-state index contributed by atoms with van der Waals surface area (Å²) in [5.74, 6) is -0.779. The molecular weight excluding hydrogens is 272 g/mol. The fourth-order valence-corrected chi connectivity index (χ4v) is 1.96. The summed E-state index contributed by atoms with van der Waals surface area (Å²) in [6.45, 7) is 3.36. The third-order valence-corrected chi connectivity index (χ3v) is 3.08. The lowest BCUT2D eigenvalue weighted by molar-refractivity contribution is 0.308. The Bertz CT molecular complexity index is 587. The molecule has 112 valence electrons.